The molecule has 0 aromatic carbocycles. The third-order valence-electron chi connectivity index (χ3n) is 0.828. The molecule has 0 aliphatic rings. The molecule has 12 heavy (non-hydrogen) atoms. The van der Waals surface area contributed by atoms with Gasteiger partial charge < -0.3 is 9.61 Å². The van der Waals surface area contributed by atoms with E-state index in [0.717, 1.165) is 0 Å². The van der Waals surface area contributed by atoms with Gasteiger partial charge in [-0.15, -0.1) is 6.42 Å². The summed E-state index contributed by atoms with van der Waals surface area (Å²) in [6, 6.07) is 0. The van der Waals surface area contributed by atoms with Crippen molar-refractivity contribution in [1.82, 2.24) is 5.09 Å². The quantitative estimate of drug-likeness (QED) is 0.419. The second-order valence-corrected chi connectivity index (χ2v) is 8.25. The predicted octanol–water partition coefficient (Wildman–Crippen LogP) is 1.36. The van der Waals surface area contributed by atoms with Gasteiger partial charge in [0.25, 0.3) is 0 Å². The van der Waals surface area contributed by atoms with Gasteiger partial charge in [-0.05, 0) is 18.7 Å². The number of nitrogens with one attached hydrogen (secondary N) is 1. The fourth-order valence-corrected chi connectivity index (χ4v) is 3.95. The molecule has 0 aliphatic heterocycles. The summed E-state index contributed by atoms with van der Waals surface area (Å²) in [5.41, 5.74) is -2.25. The summed E-state index contributed by atoms with van der Waals surface area (Å²) in [6.45, 7) is 2.31. The van der Waals surface area contributed by atoms with Crippen LogP contribution in [0.15, 0.2) is 0 Å². The van der Waals surface area contributed by atoms with E-state index in [1.165, 1.54) is 11.4 Å². The van der Waals surface area contributed by atoms with E-state index in [-0.39, 0.29) is 0 Å². The predicted molar refractivity (Wildman–Crippen MR) is 56.4 cm³/mol. The van der Waals surface area contributed by atoms with Crippen LogP contribution < -0.4 is 5.09 Å². The Morgan fingerprint density at radius 2 is 2.58 bits per heavy atom. The monoisotopic (exact) mass is 223 g/mol. The molecular weight excluding hydrogens is 213 g/mol. The molecule has 0 rings (SSSR count). The Kier molecular flexibility index (Phi) is 6.49. The summed E-state index contributed by atoms with van der Waals surface area (Å²) in [4.78, 5) is 10.2. The SMILES string of the molecule is C#CCSP(=S)(NC=O)OCC. The van der Waals surface area contributed by atoms with Crippen LogP contribution in [0, 0.1) is 12.3 Å². The zero-order valence-electron chi connectivity index (χ0n) is 6.65. The molecule has 0 aromatic heterocycles. The largest absolute Gasteiger partial charge is 0.327 e. The Morgan fingerprint density at radius 1 is 1.92 bits per heavy atom. The van der Waals surface area contributed by atoms with Gasteiger partial charge in [-0.25, -0.2) is 0 Å². The van der Waals surface area contributed by atoms with E-state index < -0.39 is 5.62 Å². The summed E-state index contributed by atoms with van der Waals surface area (Å²) in [6.07, 6.45) is 5.61. The van der Waals surface area contributed by atoms with E-state index in [1.54, 1.807) is 0 Å². The van der Waals surface area contributed by atoms with Crippen LogP contribution in [0.25, 0.3) is 0 Å². The number of hydrogen-bond donors (Lipinski definition) is 1. The van der Waals surface area contributed by atoms with Crippen LogP contribution in [0.5, 0.6) is 0 Å². The molecule has 0 fully saturated rings. The summed E-state index contributed by atoms with van der Waals surface area (Å²) in [7, 11) is 0. The molecule has 1 amide bonds. The smallest absolute Gasteiger partial charge is 0.213 e. The fourth-order valence-electron chi connectivity index (χ4n) is 0.469. The number of amides is 1. The first kappa shape index (κ1) is 12.0. The first-order valence-electron chi connectivity index (χ1n) is 3.22. The molecule has 0 heterocycles. The van der Waals surface area contributed by atoms with Crippen molar-refractivity contribution in [1.29, 1.82) is 0 Å². The van der Waals surface area contributed by atoms with Crippen molar-refractivity contribution in [2.75, 3.05) is 12.4 Å². The Hall–Kier alpha value is -0.0100. The number of hydrogen-bond acceptors (Lipinski definition) is 4. The normalized spacial score (nSPS) is 14.3. The van der Waals surface area contributed by atoms with Crippen LogP contribution >= 0.6 is 17.0 Å². The molecule has 0 radical (unpaired) electrons. The molecule has 68 valence electrons. The summed E-state index contributed by atoms with van der Waals surface area (Å²) < 4.78 is 5.22. The minimum Gasteiger partial charge on any atom is -0.327 e. The van der Waals surface area contributed by atoms with Crippen molar-refractivity contribution < 1.29 is 9.32 Å². The molecule has 1 atom stereocenters. The van der Waals surface area contributed by atoms with Crippen LogP contribution in [0.3, 0.4) is 0 Å². The van der Waals surface area contributed by atoms with Gasteiger partial charge in [-0.1, -0.05) is 17.3 Å². The Morgan fingerprint density at radius 3 is 3.00 bits per heavy atom. The third-order valence-corrected chi connectivity index (χ3v) is 6.10. The minimum absolute atomic E-state index is 0.456. The molecule has 0 aliphatic carbocycles. The van der Waals surface area contributed by atoms with Gasteiger partial charge in [0.15, 0.2) is 0 Å². The van der Waals surface area contributed by atoms with Gasteiger partial charge in [0.1, 0.15) is 0 Å². The third kappa shape index (κ3) is 4.78. The molecule has 6 heteroatoms. The van der Waals surface area contributed by atoms with Crippen molar-refractivity contribution in [3.63, 3.8) is 0 Å². The van der Waals surface area contributed by atoms with Gasteiger partial charge >= 0.3 is 0 Å². The van der Waals surface area contributed by atoms with E-state index >= 15 is 0 Å². The highest BCUT2D eigenvalue weighted by Gasteiger charge is 2.15. The molecule has 0 bridgehead atoms. The molecule has 0 saturated heterocycles. The number of carbonyl (C=O) groups excluding carboxylic acids is 1. The van der Waals surface area contributed by atoms with E-state index in [2.05, 4.69) is 11.0 Å². The molecule has 0 aromatic rings. The van der Waals surface area contributed by atoms with E-state index in [9.17, 15) is 4.79 Å². The lowest BCUT2D eigenvalue weighted by Gasteiger charge is -2.17. The van der Waals surface area contributed by atoms with Crippen molar-refractivity contribution >= 4 is 35.2 Å². The first-order valence-corrected chi connectivity index (χ1v) is 7.53. The van der Waals surface area contributed by atoms with Crippen LogP contribution in [0.4, 0.5) is 0 Å². The zero-order valence-corrected chi connectivity index (χ0v) is 9.18. The van der Waals surface area contributed by atoms with E-state index in [1.807, 2.05) is 6.92 Å². The average Bonchev–Trinajstić information content (AvgIpc) is 2.02. The second kappa shape index (κ2) is 6.50. The lowest BCUT2D eigenvalue weighted by atomic mass is 10.8. The van der Waals surface area contributed by atoms with Gasteiger partial charge in [0.05, 0.1) is 12.4 Å². The second-order valence-electron chi connectivity index (χ2n) is 1.64. The van der Waals surface area contributed by atoms with E-state index in [4.69, 9.17) is 22.8 Å². The molecule has 1 N–H and O–H groups in total. The van der Waals surface area contributed by atoms with Crippen molar-refractivity contribution in [3.05, 3.63) is 0 Å². The lowest BCUT2D eigenvalue weighted by Crippen LogP contribution is -2.07. The highest BCUT2D eigenvalue weighted by atomic mass is 32.9. The fraction of sp³-hybridized carbons (Fsp3) is 0.500. The standard InChI is InChI=1S/C6H10NO2PS2/c1-3-5-12-10(11,7-6-8)9-4-2/h1,6H,4-5H2,2H3,(H,7,8,11). The maximum atomic E-state index is 10.2. The summed E-state index contributed by atoms with van der Waals surface area (Å²) >= 11 is 6.38. The highest BCUT2D eigenvalue weighted by molar-refractivity contribution is 8.69. The Bertz CT molecular complexity index is 226. The van der Waals surface area contributed by atoms with Gasteiger partial charge in [0.2, 0.25) is 12.0 Å². The highest BCUT2D eigenvalue weighted by Crippen LogP contribution is 2.55. The van der Waals surface area contributed by atoms with E-state index in [0.29, 0.717) is 18.8 Å². The minimum atomic E-state index is -2.25. The van der Waals surface area contributed by atoms with Gasteiger partial charge in [0, 0.05) is 0 Å². The van der Waals surface area contributed by atoms with Gasteiger partial charge in [-0.3, -0.25) is 4.79 Å². The van der Waals surface area contributed by atoms with Crippen molar-refractivity contribution in [2.45, 2.75) is 6.92 Å². The maximum Gasteiger partial charge on any atom is 0.213 e. The summed E-state index contributed by atoms with van der Waals surface area (Å²) in [5.74, 6) is 2.88. The lowest BCUT2D eigenvalue weighted by molar-refractivity contribution is -0.108. The maximum absolute atomic E-state index is 10.2. The van der Waals surface area contributed by atoms with Crippen LogP contribution in [-0.2, 0) is 21.1 Å². The molecule has 1 unspecified atom stereocenters. The zero-order chi connectivity index (χ0) is 9.45. The number of terminal acetylenes is 1. The molecule has 0 spiro atoms. The van der Waals surface area contributed by atoms with Crippen LogP contribution in [0.2, 0.25) is 0 Å². The van der Waals surface area contributed by atoms with Crippen LogP contribution in [0.1, 0.15) is 6.92 Å². The summed E-state index contributed by atoms with van der Waals surface area (Å²) in [5, 5.41) is 2.49. The molecular formula is C6H10NO2PS2. The average molecular weight is 223 g/mol. The Balaban J connectivity index is 4.09. The molecule has 0 saturated carbocycles. The van der Waals surface area contributed by atoms with Crippen molar-refractivity contribution in [2.24, 2.45) is 0 Å². The van der Waals surface area contributed by atoms with Crippen LogP contribution in [-0.4, -0.2) is 18.8 Å². The molecule has 3 nitrogen and oxygen atoms in total. The number of rotatable bonds is 6. The Labute approximate surface area is 81.5 Å². The number of carbonyl (C=O) groups is 1. The topological polar surface area (TPSA) is 38.3 Å². The first-order chi connectivity index (χ1) is 5.68. The van der Waals surface area contributed by atoms with Crippen molar-refractivity contribution in [3.8, 4) is 12.3 Å². The van der Waals surface area contributed by atoms with Gasteiger partial charge in [-0.2, -0.15) is 0 Å².